The van der Waals surface area contributed by atoms with Gasteiger partial charge in [0.1, 0.15) is 10.8 Å². The zero-order valence-corrected chi connectivity index (χ0v) is 25.2. The van der Waals surface area contributed by atoms with E-state index in [0.717, 1.165) is 63.3 Å². The fraction of sp³-hybridized carbons (Fsp3) is 0.314. The van der Waals surface area contributed by atoms with E-state index in [0.29, 0.717) is 18.0 Å². The van der Waals surface area contributed by atoms with E-state index in [9.17, 15) is 4.79 Å². The highest BCUT2D eigenvalue weighted by molar-refractivity contribution is 7.16. The second-order valence-electron chi connectivity index (χ2n) is 12.3. The van der Waals surface area contributed by atoms with E-state index in [4.69, 9.17) is 9.41 Å². The normalized spacial score (nSPS) is 15.5. The number of aliphatic imine (C=N–C) groups is 1. The molecule has 3 heterocycles. The van der Waals surface area contributed by atoms with Crippen molar-refractivity contribution in [3.8, 4) is 11.3 Å². The summed E-state index contributed by atoms with van der Waals surface area (Å²) in [5.41, 5.74) is 8.81. The zero-order valence-electron chi connectivity index (χ0n) is 24.4. The summed E-state index contributed by atoms with van der Waals surface area (Å²) in [6.07, 6.45) is 6.55. The van der Waals surface area contributed by atoms with Crippen LogP contribution in [0.1, 0.15) is 70.4 Å². The van der Waals surface area contributed by atoms with Crippen LogP contribution in [0.15, 0.2) is 70.3 Å². The SMILES string of the molecule is Cc1cc(C)c2[nH]c(-c3ccccc3)c(C=Nc3sc4c(c3C(=O)NCc3ccco3)CC[C@H](C(C)(C)C)C4)c2c1. The number of nitrogens with one attached hydrogen (secondary N) is 2. The van der Waals surface area contributed by atoms with Crippen LogP contribution in [0.25, 0.3) is 22.2 Å². The summed E-state index contributed by atoms with van der Waals surface area (Å²) in [6.45, 7) is 11.6. The molecule has 0 spiro atoms. The van der Waals surface area contributed by atoms with Gasteiger partial charge in [0.15, 0.2) is 0 Å². The molecule has 0 fully saturated rings. The minimum absolute atomic E-state index is 0.0887. The van der Waals surface area contributed by atoms with Crippen LogP contribution in [0.3, 0.4) is 0 Å². The van der Waals surface area contributed by atoms with Gasteiger partial charge in [0.25, 0.3) is 5.91 Å². The number of H-pyrrole nitrogens is 1. The molecule has 0 saturated heterocycles. The fourth-order valence-corrected chi connectivity index (χ4v) is 7.34. The Morgan fingerprint density at radius 3 is 2.68 bits per heavy atom. The van der Waals surface area contributed by atoms with Crippen molar-refractivity contribution in [2.24, 2.45) is 16.3 Å². The molecule has 1 aliphatic carbocycles. The lowest BCUT2D eigenvalue weighted by molar-refractivity contribution is 0.0947. The van der Waals surface area contributed by atoms with Crippen molar-refractivity contribution in [2.45, 2.75) is 60.4 Å². The third kappa shape index (κ3) is 5.41. The number of hydrogen-bond donors (Lipinski definition) is 2. The monoisotopic (exact) mass is 563 g/mol. The second-order valence-corrected chi connectivity index (χ2v) is 13.4. The summed E-state index contributed by atoms with van der Waals surface area (Å²) in [4.78, 5) is 23.8. The van der Waals surface area contributed by atoms with Gasteiger partial charge in [0.05, 0.1) is 24.1 Å². The highest BCUT2D eigenvalue weighted by Gasteiger charge is 2.33. The van der Waals surface area contributed by atoms with Crippen LogP contribution in [-0.4, -0.2) is 17.1 Å². The lowest BCUT2D eigenvalue weighted by atomic mass is 9.72. The summed E-state index contributed by atoms with van der Waals surface area (Å²) in [7, 11) is 0. The molecule has 3 aromatic heterocycles. The number of carbonyl (C=O) groups is 1. The van der Waals surface area contributed by atoms with Gasteiger partial charge >= 0.3 is 0 Å². The first-order chi connectivity index (χ1) is 19.7. The number of amides is 1. The third-order valence-corrected chi connectivity index (χ3v) is 9.53. The Hall–Kier alpha value is -3.90. The van der Waals surface area contributed by atoms with Gasteiger partial charge in [-0.1, -0.05) is 62.7 Å². The van der Waals surface area contributed by atoms with E-state index >= 15 is 0 Å². The van der Waals surface area contributed by atoms with Gasteiger partial charge < -0.3 is 14.7 Å². The molecule has 6 heteroatoms. The molecule has 2 aromatic carbocycles. The molecule has 1 aliphatic rings. The number of nitrogens with zero attached hydrogens (tertiary/aromatic N) is 1. The molecule has 0 bridgehead atoms. The Morgan fingerprint density at radius 1 is 1.15 bits per heavy atom. The average Bonchev–Trinajstić information content (AvgIpc) is 3.67. The maximum absolute atomic E-state index is 13.7. The number of carbonyl (C=O) groups excluding carboxylic acids is 1. The Bertz CT molecular complexity index is 1730. The predicted octanol–water partition coefficient (Wildman–Crippen LogP) is 8.94. The fourth-order valence-electron chi connectivity index (χ4n) is 6.07. The minimum atomic E-state index is -0.0887. The van der Waals surface area contributed by atoms with Crippen LogP contribution >= 0.6 is 11.3 Å². The van der Waals surface area contributed by atoms with Gasteiger partial charge in [-0.2, -0.15) is 0 Å². The van der Waals surface area contributed by atoms with Crippen LogP contribution in [0.5, 0.6) is 0 Å². The quantitative estimate of drug-likeness (QED) is 0.202. The van der Waals surface area contributed by atoms with Crippen LogP contribution in [-0.2, 0) is 19.4 Å². The summed E-state index contributed by atoms with van der Waals surface area (Å²) >= 11 is 1.68. The van der Waals surface area contributed by atoms with Crippen LogP contribution < -0.4 is 5.32 Å². The van der Waals surface area contributed by atoms with E-state index in [2.05, 4.69) is 81.3 Å². The van der Waals surface area contributed by atoms with Crippen molar-refractivity contribution in [2.75, 3.05) is 0 Å². The number of furan rings is 1. The number of fused-ring (bicyclic) bond motifs is 2. The highest BCUT2D eigenvalue weighted by Crippen LogP contribution is 2.45. The minimum Gasteiger partial charge on any atom is -0.467 e. The maximum atomic E-state index is 13.7. The van der Waals surface area contributed by atoms with E-state index in [1.165, 1.54) is 16.0 Å². The number of aryl methyl sites for hydroxylation is 2. The van der Waals surface area contributed by atoms with Crippen molar-refractivity contribution in [1.29, 1.82) is 0 Å². The molecule has 41 heavy (non-hydrogen) atoms. The van der Waals surface area contributed by atoms with Crippen LogP contribution in [0, 0.1) is 25.2 Å². The Kier molecular flexibility index (Phi) is 7.20. The lowest BCUT2D eigenvalue weighted by Gasteiger charge is -2.33. The van der Waals surface area contributed by atoms with Crippen molar-refractivity contribution < 1.29 is 9.21 Å². The smallest absolute Gasteiger partial charge is 0.255 e. The Morgan fingerprint density at radius 2 is 1.95 bits per heavy atom. The first-order valence-electron chi connectivity index (χ1n) is 14.4. The Balaban J connectivity index is 1.45. The van der Waals surface area contributed by atoms with Gasteiger partial charge in [0.2, 0.25) is 0 Å². The number of aromatic amines is 1. The van der Waals surface area contributed by atoms with Gasteiger partial charge in [-0.25, -0.2) is 4.99 Å². The molecule has 1 amide bonds. The van der Waals surface area contributed by atoms with Gasteiger partial charge in [-0.05, 0) is 79.3 Å². The third-order valence-electron chi connectivity index (χ3n) is 8.36. The van der Waals surface area contributed by atoms with Crippen molar-refractivity contribution in [3.05, 3.63) is 99.3 Å². The summed E-state index contributed by atoms with van der Waals surface area (Å²) in [5, 5.41) is 5.01. The molecule has 210 valence electrons. The summed E-state index contributed by atoms with van der Waals surface area (Å²) < 4.78 is 5.46. The largest absolute Gasteiger partial charge is 0.467 e. The molecule has 0 aliphatic heterocycles. The number of hydrogen-bond acceptors (Lipinski definition) is 4. The van der Waals surface area contributed by atoms with Gasteiger partial charge in [-0.3, -0.25) is 4.79 Å². The number of rotatable bonds is 6. The van der Waals surface area contributed by atoms with E-state index in [1.807, 2.05) is 24.4 Å². The predicted molar refractivity (Wildman–Crippen MR) is 170 cm³/mol. The average molecular weight is 564 g/mol. The second kappa shape index (κ2) is 10.8. The molecule has 0 saturated carbocycles. The van der Waals surface area contributed by atoms with E-state index in [1.54, 1.807) is 17.6 Å². The number of benzene rings is 2. The number of aromatic nitrogens is 1. The van der Waals surface area contributed by atoms with Crippen molar-refractivity contribution in [1.82, 2.24) is 10.3 Å². The van der Waals surface area contributed by atoms with Crippen LogP contribution in [0.4, 0.5) is 5.00 Å². The molecule has 2 N–H and O–H groups in total. The molecule has 0 radical (unpaired) electrons. The molecule has 0 unspecified atom stereocenters. The molecular formula is C35H37N3O2S. The maximum Gasteiger partial charge on any atom is 0.255 e. The standard InChI is InChI=1S/C35H37N3O2S/c1-21-16-22(2)31-27(17-21)28(32(38-31)23-10-7-6-8-11-23)20-37-34-30(33(39)36-19-25-12-9-15-40-25)26-14-13-24(35(3,4)5)18-29(26)41-34/h6-12,15-17,20,24,38H,13-14,18-19H2,1-5H3,(H,36,39)/t24-/m0/s1. The van der Waals surface area contributed by atoms with Crippen molar-refractivity contribution in [3.63, 3.8) is 0 Å². The summed E-state index contributed by atoms with van der Waals surface area (Å²) in [5.74, 6) is 1.22. The molecule has 1 atom stereocenters. The number of thiophene rings is 1. The molecule has 6 rings (SSSR count). The first kappa shape index (κ1) is 27.3. The first-order valence-corrected chi connectivity index (χ1v) is 15.2. The molecular weight excluding hydrogens is 526 g/mol. The Labute approximate surface area is 245 Å². The molecule has 5 nitrogen and oxygen atoms in total. The van der Waals surface area contributed by atoms with Gasteiger partial charge in [-0.15, -0.1) is 11.3 Å². The van der Waals surface area contributed by atoms with E-state index in [-0.39, 0.29) is 11.3 Å². The van der Waals surface area contributed by atoms with Crippen molar-refractivity contribution >= 4 is 39.4 Å². The topological polar surface area (TPSA) is 70.4 Å². The summed E-state index contributed by atoms with van der Waals surface area (Å²) in [6, 6.07) is 18.5. The highest BCUT2D eigenvalue weighted by atomic mass is 32.1. The zero-order chi connectivity index (χ0) is 28.7. The van der Waals surface area contributed by atoms with Crippen LogP contribution in [0.2, 0.25) is 0 Å². The van der Waals surface area contributed by atoms with Gasteiger partial charge in [0, 0.05) is 27.6 Å². The molecule has 5 aromatic rings. The lowest BCUT2D eigenvalue weighted by Crippen LogP contribution is -2.28. The van der Waals surface area contributed by atoms with E-state index < -0.39 is 0 Å².